The van der Waals surface area contributed by atoms with Crippen LogP contribution in [0.3, 0.4) is 0 Å². The first-order valence-electron chi connectivity index (χ1n) is 10.5. The highest BCUT2D eigenvalue weighted by molar-refractivity contribution is 7.45. The lowest BCUT2D eigenvalue weighted by atomic mass is 9.94. The Balaban J connectivity index is 1.58. The van der Waals surface area contributed by atoms with E-state index in [4.69, 9.17) is 19.3 Å². The number of hydrogen-bond donors (Lipinski definition) is 2. The summed E-state index contributed by atoms with van der Waals surface area (Å²) in [5.74, 6) is 0.603. The van der Waals surface area contributed by atoms with Crippen molar-refractivity contribution in [2.45, 2.75) is 25.7 Å². The maximum atomic E-state index is 13.0. The highest BCUT2D eigenvalue weighted by atomic mass is 31.2. The van der Waals surface area contributed by atoms with E-state index in [0.29, 0.717) is 42.9 Å². The van der Waals surface area contributed by atoms with Crippen molar-refractivity contribution in [1.29, 1.82) is 0 Å². The third kappa shape index (κ3) is 4.72. The Bertz CT molecular complexity index is 999. The van der Waals surface area contributed by atoms with Crippen molar-refractivity contribution >= 4 is 30.9 Å². The number of carbonyl (C=O) groups excluding carboxylic acids is 1. The largest absolute Gasteiger partial charge is 0.480 e. The first-order chi connectivity index (χ1) is 15.0. The summed E-state index contributed by atoms with van der Waals surface area (Å²) < 4.78 is 11.6. The van der Waals surface area contributed by atoms with Crippen LogP contribution in [0.4, 0.5) is 5.82 Å². The van der Waals surface area contributed by atoms with Gasteiger partial charge in [0.25, 0.3) is 11.5 Å². The molecule has 31 heavy (non-hydrogen) atoms. The first kappa shape index (κ1) is 22.1. The van der Waals surface area contributed by atoms with Gasteiger partial charge in [-0.1, -0.05) is 0 Å². The van der Waals surface area contributed by atoms with Crippen LogP contribution in [0.2, 0.25) is 0 Å². The summed E-state index contributed by atoms with van der Waals surface area (Å²) in [6, 6.07) is 1.81. The molecule has 0 saturated carbocycles. The monoisotopic (exact) mass is 450 g/mol. The molecule has 0 aliphatic carbocycles. The molecule has 1 unspecified atom stereocenters. The second kappa shape index (κ2) is 9.56. The molecule has 11 heteroatoms. The standard InChI is InChI=1S/C20H27N4O6P/c1-29-18-17-15(11-21-24(20(17)26)19(25)14-4-8-30-12-14)10-16(22-18)23-6-2-13(3-7-23)5-9-31(27)28/h10-11,13-14,27-28H,2-9,12H2,1H3. The van der Waals surface area contributed by atoms with Crippen molar-refractivity contribution in [3.8, 4) is 5.88 Å². The number of pyridine rings is 1. The van der Waals surface area contributed by atoms with Gasteiger partial charge in [0.1, 0.15) is 11.2 Å². The fraction of sp³-hybridized carbons (Fsp3) is 0.600. The molecule has 2 aromatic rings. The predicted octanol–water partition coefficient (Wildman–Crippen LogP) is 1.38. The van der Waals surface area contributed by atoms with Crippen molar-refractivity contribution in [3.05, 3.63) is 22.6 Å². The van der Waals surface area contributed by atoms with Crippen LogP contribution >= 0.6 is 8.38 Å². The third-order valence-electron chi connectivity index (χ3n) is 6.08. The van der Waals surface area contributed by atoms with E-state index in [9.17, 15) is 9.59 Å². The number of fused-ring (bicyclic) bond motifs is 1. The minimum Gasteiger partial charge on any atom is -0.480 e. The summed E-state index contributed by atoms with van der Waals surface area (Å²) in [4.78, 5) is 50.7. The van der Waals surface area contributed by atoms with E-state index in [1.165, 1.54) is 13.3 Å². The van der Waals surface area contributed by atoms with Gasteiger partial charge in [-0.15, -0.1) is 0 Å². The van der Waals surface area contributed by atoms with E-state index in [0.717, 1.165) is 37.0 Å². The van der Waals surface area contributed by atoms with Crippen molar-refractivity contribution in [2.75, 3.05) is 44.5 Å². The molecule has 0 aromatic carbocycles. The average Bonchev–Trinajstić information content (AvgIpc) is 3.32. The Morgan fingerprint density at radius 2 is 2.10 bits per heavy atom. The zero-order chi connectivity index (χ0) is 22.0. The highest BCUT2D eigenvalue weighted by Crippen LogP contribution is 2.32. The molecular weight excluding hydrogens is 423 g/mol. The molecule has 0 amide bonds. The second-order valence-corrected chi connectivity index (χ2v) is 9.22. The van der Waals surface area contributed by atoms with E-state index in [2.05, 4.69) is 15.0 Å². The van der Waals surface area contributed by atoms with E-state index in [1.807, 2.05) is 0 Å². The molecule has 2 aliphatic rings. The van der Waals surface area contributed by atoms with Gasteiger partial charge in [0.05, 0.1) is 25.8 Å². The number of nitrogens with zero attached hydrogens (tertiary/aromatic N) is 4. The Morgan fingerprint density at radius 3 is 2.74 bits per heavy atom. The normalized spacial score (nSPS) is 20.0. The Labute approximate surface area is 180 Å². The summed E-state index contributed by atoms with van der Waals surface area (Å²) in [6.45, 7) is 2.37. The third-order valence-corrected chi connectivity index (χ3v) is 6.74. The number of ether oxygens (including phenoxy) is 2. The van der Waals surface area contributed by atoms with Crippen LogP contribution in [0, 0.1) is 11.8 Å². The Morgan fingerprint density at radius 1 is 1.32 bits per heavy atom. The van der Waals surface area contributed by atoms with Crippen LogP contribution in [0.25, 0.3) is 10.8 Å². The molecule has 1 atom stereocenters. The Kier molecular flexibility index (Phi) is 6.81. The smallest absolute Gasteiger partial charge is 0.287 e. The Hall–Kier alpha value is -2.13. The van der Waals surface area contributed by atoms with Gasteiger partial charge in [0, 0.05) is 31.2 Å². The lowest BCUT2D eigenvalue weighted by Crippen LogP contribution is -2.35. The highest BCUT2D eigenvalue weighted by Gasteiger charge is 2.28. The molecule has 0 bridgehead atoms. The van der Waals surface area contributed by atoms with Crippen LogP contribution in [-0.4, -0.2) is 70.0 Å². The van der Waals surface area contributed by atoms with Gasteiger partial charge in [-0.05, 0) is 37.7 Å². The van der Waals surface area contributed by atoms with E-state index in [-0.39, 0.29) is 23.1 Å². The molecule has 4 heterocycles. The quantitative estimate of drug-likeness (QED) is 0.628. The van der Waals surface area contributed by atoms with Crippen molar-refractivity contribution in [1.82, 2.24) is 14.8 Å². The van der Waals surface area contributed by atoms with Gasteiger partial charge >= 0.3 is 0 Å². The van der Waals surface area contributed by atoms with Crippen LogP contribution in [0.5, 0.6) is 5.88 Å². The molecule has 10 nitrogen and oxygen atoms in total. The SMILES string of the molecule is COc1nc(N2CCC(CCP(O)O)CC2)cc2cnn(C(=O)C3CCOC3)c(=O)c12. The molecule has 0 radical (unpaired) electrons. The van der Waals surface area contributed by atoms with E-state index >= 15 is 0 Å². The molecule has 2 fully saturated rings. The number of rotatable bonds is 6. The molecule has 2 N–H and O–H groups in total. The summed E-state index contributed by atoms with van der Waals surface area (Å²) in [7, 11) is -0.378. The topological polar surface area (TPSA) is 127 Å². The zero-order valence-electron chi connectivity index (χ0n) is 17.4. The van der Waals surface area contributed by atoms with Crippen LogP contribution < -0.4 is 15.2 Å². The summed E-state index contributed by atoms with van der Waals surface area (Å²) in [5.41, 5.74) is -0.534. The maximum Gasteiger partial charge on any atom is 0.287 e. The minimum absolute atomic E-state index is 0.178. The fourth-order valence-electron chi connectivity index (χ4n) is 4.24. The summed E-state index contributed by atoms with van der Waals surface area (Å²) in [5, 5.41) is 4.93. The zero-order valence-corrected chi connectivity index (χ0v) is 18.3. The number of hydrogen-bond acceptors (Lipinski definition) is 9. The second-order valence-electron chi connectivity index (χ2n) is 8.03. The average molecular weight is 450 g/mol. The molecular formula is C20H27N4O6P. The van der Waals surface area contributed by atoms with Crippen molar-refractivity contribution in [3.63, 3.8) is 0 Å². The number of anilines is 1. The number of aromatic nitrogens is 3. The van der Waals surface area contributed by atoms with Crippen LogP contribution in [0.15, 0.2) is 17.1 Å². The van der Waals surface area contributed by atoms with Crippen LogP contribution in [-0.2, 0) is 4.74 Å². The lowest BCUT2D eigenvalue weighted by molar-refractivity contribution is 0.0792. The first-order valence-corrected chi connectivity index (χ1v) is 11.9. The van der Waals surface area contributed by atoms with E-state index in [1.54, 1.807) is 6.07 Å². The van der Waals surface area contributed by atoms with Crippen molar-refractivity contribution < 1.29 is 24.1 Å². The van der Waals surface area contributed by atoms with Gasteiger partial charge in [0.2, 0.25) is 5.88 Å². The number of methoxy groups -OCH3 is 1. The minimum atomic E-state index is -1.83. The number of piperidine rings is 1. The van der Waals surface area contributed by atoms with Gasteiger partial charge < -0.3 is 24.2 Å². The maximum absolute atomic E-state index is 13.0. The summed E-state index contributed by atoms with van der Waals surface area (Å²) >= 11 is 0. The molecule has 2 saturated heterocycles. The van der Waals surface area contributed by atoms with Gasteiger partial charge in [-0.25, -0.2) is 0 Å². The van der Waals surface area contributed by atoms with Gasteiger partial charge in [-0.2, -0.15) is 14.8 Å². The fourth-order valence-corrected chi connectivity index (χ4v) is 4.84. The molecule has 0 spiro atoms. The summed E-state index contributed by atoms with van der Waals surface area (Å²) in [6.07, 6.45) is 5.21. The predicted molar refractivity (Wildman–Crippen MR) is 116 cm³/mol. The molecule has 2 aromatic heterocycles. The molecule has 168 valence electrons. The molecule has 4 rings (SSSR count). The van der Waals surface area contributed by atoms with Gasteiger partial charge in [0.15, 0.2) is 8.38 Å². The van der Waals surface area contributed by atoms with Gasteiger partial charge in [-0.3, -0.25) is 9.59 Å². The van der Waals surface area contributed by atoms with E-state index < -0.39 is 13.9 Å². The van der Waals surface area contributed by atoms with Crippen molar-refractivity contribution in [2.24, 2.45) is 11.8 Å². The van der Waals surface area contributed by atoms with Crippen LogP contribution in [0.1, 0.15) is 30.5 Å². The molecule has 2 aliphatic heterocycles. The lowest BCUT2D eigenvalue weighted by Gasteiger charge is -2.33. The number of carbonyl (C=O) groups is 1.